The highest BCUT2D eigenvalue weighted by Gasteiger charge is 2.25. The summed E-state index contributed by atoms with van der Waals surface area (Å²) in [5.41, 5.74) is 1.21. The second-order valence-corrected chi connectivity index (χ2v) is 5.28. The molecule has 1 N–H and O–H groups in total. The highest BCUT2D eigenvalue weighted by atomic mass is 16.5. The van der Waals surface area contributed by atoms with Crippen molar-refractivity contribution in [3.63, 3.8) is 0 Å². The number of carbonyl (C=O) groups excluding carboxylic acids is 2. The molecule has 1 aromatic carbocycles. The van der Waals surface area contributed by atoms with Crippen molar-refractivity contribution in [2.75, 3.05) is 13.2 Å². The molecular weight excluding hydrogens is 312 g/mol. The molecular formula is C18H22O6. The Kier molecular flexibility index (Phi) is 7.85. The lowest BCUT2D eigenvalue weighted by Crippen LogP contribution is -2.29. The average molecular weight is 334 g/mol. The molecule has 0 aliphatic heterocycles. The molecule has 1 unspecified atom stereocenters. The molecule has 6 nitrogen and oxygen atoms in total. The Labute approximate surface area is 141 Å². The summed E-state index contributed by atoms with van der Waals surface area (Å²) in [4.78, 5) is 35.1. The number of ketones is 1. The Morgan fingerprint density at radius 3 is 2.38 bits per heavy atom. The molecule has 0 saturated carbocycles. The zero-order valence-corrected chi connectivity index (χ0v) is 13.9. The average Bonchev–Trinajstić information content (AvgIpc) is 2.53. The van der Waals surface area contributed by atoms with Crippen LogP contribution in [0.4, 0.5) is 0 Å². The summed E-state index contributed by atoms with van der Waals surface area (Å²) >= 11 is 0. The van der Waals surface area contributed by atoms with Gasteiger partial charge < -0.3 is 14.6 Å². The third kappa shape index (κ3) is 6.34. The van der Waals surface area contributed by atoms with Crippen LogP contribution in [0.2, 0.25) is 0 Å². The molecule has 130 valence electrons. The lowest BCUT2D eigenvalue weighted by atomic mass is 10.0. The van der Waals surface area contributed by atoms with Gasteiger partial charge in [-0.3, -0.25) is 9.59 Å². The summed E-state index contributed by atoms with van der Waals surface area (Å²) in [6.07, 6.45) is -1.39. The number of rotatable bonds is 10. The summed E-state index contributed by atoms with van der Waals surface area (Å²) in [7, 11) is 0. The minimum Gasteiger partial charge on any atom is -0.481 e. The number of ether oxygens (including phenoxy) is 2. The molecule has 1 aromatic rings. The van der Waals surface area contributed by atoms with E-state index < -0.39 is 24.5 Å². The fourth-order valence-electron chi connectivity index (χ4n) is 1.95. The molecule has 0 amide bonds. The van der Waals surface area contributed by atoms with Gasteiger partial charge in [-0.1, -0.05) is 36.4 Å². The van der Waals surface area contributed by atoms with E-state index in [4.69, 9.17) is 14.6 Å². The van der Waals surface area contributed by atoms with Crippen LogP contribution in [0.1, 0.15) is 35.7 Å². The largest absolute Gasteiger partial charge is 0.481 e. The van der Waals surface area contributed by atoms with E-state index in [1.807, 2.05) is 13.8 Å². The van der Waals surface area contributed by atoms with Crippen LogP contribution >= 0.6 is 0 Å². The molecule has 1 atom stereocenters. The standard InChI is InChI=1S/C18H22O6/c1-4-23-10-9-15(24-18(22)13(3)11-16(19)20)17(21)14-7-5-12(2)6-8-14/h5-8,15H,3-4,9-11H2,1-2H3,(H,19,20). The lowest BCUT2D eigenvalue weighted by Gasteiger charge is -2.17. The van der Waals surface area contributed by atoms with Crippen molar-refractivity contribution in [3.8, 4) is 0 Å². The zero-order valence-electron chi connectivity index (χ0n) is 13.9. The van der Waals surface area contributed by atoms with Gasteiger partial charge in [0.05, 0.1) is 13.0 Å². The number of aliphatic carboxylic acids is 1. The van der Waals surface area contributed by atoms with E-state index in [0.29, 0.717) is 12.2 Å². The van der Waals surface area contributed by atoms with E-state index in [1.54, 1.807) is 24.3 Å². The third-order valence-electron chi connectivity index (χ3n) is 3.26. The second-order valence-electron chi connectivity index (χ2n) is 5.28. The van der Waals surface area contributed by atoms with Crippen molar-refractivity contribution in [2.24, 2.45) is 0 Å². The van der Waals surface area contributed by atoms with E-state index >= 15 is 0 Å². The number of carboxylic acids is 1. The van der Waals surface area contributed by atoms with Crippen molar-refractivity contribution in [3.05, 3.63) is 47.5 Å². The maximum atomic E-state index is 12.6. The molecule has 1 rings (SSSR count). The van der Waals surface area contributed by atoms with Crippen LogP contribution in [0.3, 0.4) is 0 Å². The maximum absolute atomic E-state index is 12.6. The molecule has 0 aromatic heterocycles. The summed E-state index contributed by atoms with van der Waals surface area (Å²) in [5.74, 6) is -2.43. The first kappa shape index (κ1) is 19.6. The van der Waals surface area contributed by atoms with Crippen LogP contribution in [0, 0.1) is 6.92 Å². The number of carbonyl (C=O) groups is 3. The molecule has 6 heteroatoms. The summed E-state index contributed by atoms with van der Waals surface area (Å²) in [6, 6.07) is 6.90. The smallest absolute Gasteiger partial charge is 0.334 e. The Hall–Kier alpha value is -2.47. The predicted molar refractivity (Wildman–Crippen MR) is 87.9 cm³/mol. The van der Waals surface area contributed by atoms with Gasteiger partial charge in [0.1, 0.15) is 0 Å². The summed E-state index contributed by atoms with van der Waals surface area (Å²) < 4.78 is 10.4. The fourth-order valence-corrected chi connectivity index (χ4v) is 1.95. The fraction of sp³-hybridized carbons (Fsp3) is 0.389. The van der Waals surface area contributed by atoms with Crippen LogP contribution < -0.4 is 0 Å². The summed E-state index contributed by atoms with van der Waals surface area (Å²) in [5, 5.41) is 8.70. The number of benzene rings is 1. The number of hydrogen-bond donors (Lipinski definition) is 1. The van der Waals surface area contributed by atoms with Crippen LogP contribution in [0.5, 0.6) is 0 Å². The molecule has 24 heavy (non-hydrogen) atoms. The van der Waals surface area contributed by atoms with Crippen molar-refractivity contribution < 1.29 is 29.0 Å². The van der Waals surface area contributed by atoms with Crippen molar-refractivity contribution >= 4 is 17.7 Å². The molecule has 0 heterocycles. The number of aryl methyl sites for hydroxylation is 1. The Bertz CT molecular complexity index is 602. The van der Waals surface area contributed by atoms with Crippen molar-refractivity contribution in [1.82, 2.24) is 0 Å². The SMILES string of the molecule is C=C(CC(=O)O)C(=O)OC(CCOCC)C(=O)c1ccc(C)cc1. The number of carboxylic acid groups (broad SMARTS) is 1. The van der Waals surface area contributed by atoms with Gasteiger partial charge in [-0.25, -0.2) is 4.79 Å². The third-order valence-corrected chi connectivity index (χ3v) is 3.26. The lowest BCUT2D eigenvalue weighted by molar-refractivity contribution is -0.145. The van der Waals surface area contributed by atoms with Gasteiger partial charge in [0.25, 0.3) is 0 Å². The maximum Gasteiger partial charge on any atom is 0.334 e. The van der Waals surface area contributed by atoms with Gasteiger partial charge in [-0.2, -0.15) is 0 Å². The van der Waals surface area contributed by atoms with Crippen molar-refractivity contribution in [1.29, 1.82) is 0 Å². The van der Waals surface area contributed by atoms with Crippen LogP contribution in [0.25, 0.3) is 0 Å². The van der Waals surface area contributed by atoms with Gasteiger partial charge in [0.15, 0.2) is 6.10 Å². The second kappa shape index (κ2) is 9.62. The minimum absolute atomic E-state index is 0.187. The first-order valence-corrected chi connectivity index (χ1v) is 7.64. The van der Waals surface area contributed by atoms with Gasteiger partial charge in [-0.15, -0.1) is 0 Å². The normalized spacial score (nSPS) is 11.6. The quantitative estimate of drug-likeness (QED) is 0.306. The van der Waals surface area contributed by atoms with Gasteiger partial charge in [-0.05, 0) is 13.8 Å². The predicted octanol–water partition coefficient (Wildman–Crippen LogP) is 2.55. The van der Waals surface area contributed by atoms with Gasteiger partial charge in [0, 0.05) is 24.2 Å². The van der Waals surface area contributed by atoms with E-state index in [9.17, 15) is 14.4 Å². The first-order valence-electron chi connectivity index (χ1n) is 7.64. The first-order chi connectivity index (χ1) is 11.3. The zero-order chi connectivity index (χ0) is 18.1. The van der Waals surface area contributed by atoms with Crippen LogP contribution in [0.15, 0.2) is 36.4 Å². The minimum atomic E-state index is -1.19. The van der Waals surface area contributed by atoms with E-state index in [0.717, 1.165) is 5.56 Å². The topological polar surface area (TPSA) is 89.9 Å². The molecule has 0 radical (unpaired) electrons. The number of hydrogen-bond acceptors (Lipinski definition) is 5. The number of esters is 1. The number of Topliss-reactive ketones (excluding diaryl/α,β-unsaturated/α-hetero) is 1. The Balaban J connectivity index is 2.84. The molecule has 0 fully saturated rings. The van der Waals surface area contributed by atoms with Gasteiger partial charge in [0.2, 0.25) is 5.78 Å². The van der Waals surface area contributed by atoms with Crippen LogP contribution in [-0.4, -0.2) is 42.1 Å². The van der Waals surface area contributed by atoms with Crippen molar-refractivity contribution in [2.45, 2.75) is 32.8 Å². The van der Waals surface area contributed by atoms with Crippen LogP contribution in [-0.2, 0) is 19.1 Å². The Morgan fingerprint density at radius 2 is 1.83 bits per heavy atom. The molecule has 0 aliphatic carbocycles. The highest BCUT2D eigenvalue weighted by Crippen LogP contribution is 2.14. The van der Waals surface area contributed by atoms with Gasteiger partial charge >= 0.3 is 11.9 Å². The van der Waals surface area contributed by atoms with E-state index in [-0.39, 0.29) is 24.4 Å². The van der Waals surface area contributed by atoms with E-state index in [2.05, 4.69) is 6.58 Å². The molecule has 0 spiro atoms. The monoisotopic (exact) mass is 334 g/mol. The highest BCUT2D eigenvalue weighted by molar-refractivity contribution is 6.02. The Morgan fingerprint density at radius 1 is 1.21 bits per heavy atom. The van der Waals surface area contributed by atoms with E-state index in [1.165, 1.54) is 0 Å². The molecule has 0 bridgehead atoms. The summed E-state index contributed by atoms with van der Waals surface area (Å²) in [6.45, 7) is 7.83. The molecule has 0 saturated heterocycles. The molecule has 0 aliphatic rings.